The fourth-order valence-electron chi connectivity index (χ4n) is 2.35. The summed E-state index contributed by atoms with van der Waals surface area (Å²) >= 11 is 0. The van der Waals surface area contributed by atoms with Crippen molar-refractivity contribution in [2.24, 2.45) is 0 Å². The third kappa shape index (κ3) is 3.17. The fourth-order valence-corrected chi connectivity index (χ4v) is 2.35. The minimum Gasteiger partial charge on any atom is -0.333 e. The van der Waals surface area contributed by atoms with Gasteiger partial charge in [-0.2, -0.15) is 0 Å². The molecule has 0 aliphatic carbocycles. The highest BCUT2D eigenvalue weighted by Crippen LogP contribution is 2.17. The summed E-state index contributed by atoms with van der Waals surface area (Å²) in [6.07, 6.45) is 0. The van der Waals surface area contributed by atoms with Crippen molar-refractivity contribution in [2.75, 3.05) is 26.2 Å². The molecule has 1 aromatic heterocycles. The fraction of sp³-hybridized carbons (Fsp3) is 0.786. The van der Waals surface area contributed by atoms with Gasteiger partial charge in [-0.1, -0.05) is 13.8 Å². The van der Waals surface area contributed by atoms with E-state index in [1.807, 2.05) is 18.7 Å². The average Bonchev–Trinajstić information content (AvgIpc) is 2.86. The highest BCUT2D eigenvalue weighted by Gasteiger charge is 2.29. The van der Waals surface area contributed by atoms with E-state index in [2.05, 4.69) is 40.9 Å². The van der Waals surface area contributed by atoms with Crippen LogP contribution in [0.3, 0.4) is 0 Å². The summed E-state index contributed by atoms with van der Waals surface area (Å²) in [7, 11) is 0. The molecule has 2 rings (SSSR count). The van der Waals surface area contributed by atoms with Crippen LogP contribution in [0.2, 0.25) is 0 Å². The van der Waals surface area contributed by atoms with E-state index in [-0.39, 0.29) is 23.2 Å². The summed E-state index contributed by atoms with van der Waals surface area (Å²) in [5.41, 5.74) is 0.157. The summed E-state index contributed by atoms with van der Waals surface area (Å²) in [4.78, 5) is 20.9. The zero-order valence-electron chi connectivity index (χ0n) is 13.1. The van der Waals surface area contributed by atoms with E-state index in [9.17, 15) is 4.79 Å². The molecule has 20 heavy (non-hydrogen) atoms. The van der Waals surface area contributed by atoms with Gasteiger partial charge in [0.1, 0.15) is 5.82 Å². The molecule has 6 heteroatoms. The maximum Gasteiger partial charge on any atom is 0.293 e. The molecule has 112 valence electrons. The number of carbonyl (C=O) groups excluding carboxylic acids is 1. The van der Waals surface area contributed by atoms with E-state index in [0.29, 0.717) is 0 Å². The third-order valence-corrected chi connectivity index (χ3v) is 3.76. The number of nitrogens with zero attached hydrogens (tertiary/aromatic N) is 4. The van der Waals surface area contributed by atoms with E-state index in [4.69, 9.17) is 0 Å². The van der Waals surface area contributed by atoms with Crippen molar-refractivity contribution in [3.63, 3.8) is 0 Å². The normalized spacial score (nSPS) is 17.8. The Hall–Kier alpha value is -1.43. The molecule has 0 radical (unpaired) electrons. The van der Waals surface area contributed by atoms with E-state index < -0.39 is 0 Å². The van der Waals surface area contributed by atoms with Gasteiger partial charge in [-0.05, 0) is 20.8 Å². The van der Waals surface area contributed by atoms with Gasteiger partial charge >= 0.3 is 0 Å². The van der Waals surface area contributed by atoms with Crippen molar-refractivity contribution in [1.82, 2.24) is 25.0 Å². The van der Waals surface area contributed by atoms with E-state index >= 15 is 0 Å². The lowest BCUT2D eigenvalue weighted by molar-refractivity contribution is 0.0442. The number of amides is 1. The first kappa shape index (κ1) is 15.0. The Kier molecular flexibility index (Phi) is 4.13. The summed E-state index contributed by atoms with van der Waals surface area (Å²) in [6, 6.07) is 0. The van der Waals surface area contributed by atoms with Crippen LogP contribution in [-0.4, -0.2) is 62.6 Å². The van der Waals surface area contributed by atoms with Gasteiger partial charge in [0.15, 0.2) is 0 Å². The van der Waals surface area contributed by atoms with Crippen LogP contribution in [0.15, 0.2) is 0 Å². The highest BCUT2D eigenvalue weighted by atomic mass is 16.2. The highest BCUT2D eigenvalue weighted by molar-refractivity contribution is 5.90. The number of hydrogen-bond acceptors (Lipinski definition) is 4. The van der Waals surface area contributed by atoms with Crippen molar-refractivity contribution < 1.29 is 4.79 Å². The molecule has 1 aliphatic rings. The van der Waals surface area contributed by atoms with Crippen molar-refractivity contribution >= 4 is 5.91 Å². The number of rotatable bonds is 2. The lowest BCUT2D eigenvalue weighted by Gasteiger charge is -2.41. The number of carbonyl (C=O) groups is 1. The largest absolute Gasteiger partial charge is 0.333 e. The molecular formula is C14H25N5O. The first-order valence-corrected chi connectivity index (χ1v) is 7.25. The predicted molar refractivity (Wildman–Crippen MR) is 77.7 cm³/mol. The lowest BCUT2D eigenvalue weighted by Crippen LogP contribution is -2.54. The summed E-state index contributed by atoms with van der Waals surface area (Å²) in [5.74, 6) is 1.24. The minimum atomic E-state index is -0.0679. The van der Waals surface area contributed by atoms with Gasteiger partial charge in [-0.15, -0.1) is 5.10 Å². The maximum atomic E-state index is 12.4. The Bertz CT molecular complexity index is 466. The summed E-state index contributed by atoms with van der Waals surface area (Å²) in [5, 5.41) is 6.88. The Morgan fingerprint density at radius 3 is 2.25 bits per heavy atom. The molecule has 1 aromatic rings. The second-order valence-electron chi connectivity index (χ2n) is 6.65. The van der Waals surface area contributed by atoms with Crippen LogP contribution in [0.4, 0.5) is 0 Å². The van der Waals surface area contributed by atoms with Crippen molar-refractivity contribution in [3.8, 4) is 0 Å². The summed E-state index contributed by atoms with van der Waals surface area (Å²) in [6.45, 7) is 13.9. The molecule has 1 aliphatic heterocycles. The van der Waals surface area contributed by atoms with Crippen LogP contribution in [-0.2, 0) is 0 Å². The minimum absolute atomic E-state index is 0.0679. The van der Waals surface area contributed by atoms with E-state index in [1.165, 1.54) is 0 Å². The monoisotopic (exact) mass is 279 g/mol. The third-order valence-electron chi connectivity index (χ3n) is 3.76. The van der Waals surface area contributed by atoms with Gasteiger partial charge in [0.2, 0.25) is 5.82 Å². The Labute approximate surface area is 120 Å². The molecule has 0 bridgehead atoms. The number of aromatic nitrogens is 3. The van der Waals surface area contributed by atoms with Crippen LogP contribution >= 0.6 is 0 Å². The molecule has 2 heterocycles. The van der Waals surface area contributed by atoms with Crippen LogP contribution in [0.5, 0.6) is 0 Å². The molecular weight excluding hydrogens is 254 g/mol. The number of piperazine rings is 1. The van der Waals surface area contributed by atoms with E-state index in [0.717, 1.165) is 32.0 Å². The lowest BCUT2D eigenvalue weighted by atomic mass is 10.0. The number of nitrogens with one attached hydrogen (secondary N) is 1. The summed E-state index contributed by atoms with van der Waals surface area (Å²) < 4.78 is 0. The van der Waals surface area contributed by atoms with Crippen molar-refractivity contribution in [2.45, 2.75) is 46.1 Å². The Balaban J connectivity index is 1.98. The molecule has 1 amide bonds. The average molecular weight is 279 g/mol. The maximum absolute atomic E-state index is 12.4. The smallest absolute Gasteiger partial charge is 0.293 e. The second-order valence-corrected chi connectivity index (χ2v) is 6.65. The second kappa shape index (κ2) is 5.52. The SMILES string of the molecule is CC(C)c1nc(C(=O)N2CCN(C(C)(C)C)CC2)n[nH]1. The standard InChI is InChI=1S/C14H25N5O/c1-10(2)11-15-12(17-16-11)13(20)18-6-8-19(9-7-18)14(3,4)5/h10H,6-9H2,1-5H3,(H,15,16,17). The van der Waals surface area contributed by atoms with Gasteiger partial charge in [-0.3, -0.25) is 14.8 Å². The van der Waals surface area contributed by atoms with Gasteiger partial charge in [-0.25, -0.2) is 4.98 Å². The number of hydrogen-bond donors (Lipinski definition) is 1. The molecule has 1 N–H and O–H groups in total. The first-order valence-electron chi connectivity index (χ1n) is 7.25. The van der Waals surface area contributed by atoms with Gasteiger partial charge in [0.25, 0.3) is 5.91 Å². The quantitative estimate of drug-likeness (QED) is 0.890. The Morgan fingerprint density at radius 1 is 1.20 bits per heavy atom. The van der Waals surface area contributed by atoms with Crippen molar-refractivity contribution in [3.05, 3.63) is 11.6 Å². The Morgan fingerprint density at radius 2 is 1.80 bits per heavy atom. The van der Waals surface area contributed by atoms with Crippen molar-refractivity contribution in [1.29, 1.82) is 0 Å². The van der Waals surface area contributed by atoms with Gasteiger partial charge in [0, 0.05) is 37.6 Å². The van der Waals surface area contributed by atoms with Gasteiger partial charge in [0.05, 0.1) is 0 Å². The topological polar surface area (TPSA) is 65.1 Å². The molecule has 6 nitrogen and oxygen atoms in total. The molecule has 0 saturated carbocycles. The predicted octanol–water partition coefficient (Wildman–Crippen LogP) is 1.48. The van der Waals surface area contributed by atoms with Gasteiger partial charge < -0.3 is 4.90 Å². The molecule has 1 fully saturated rings. The van der Waals surface area contributed by atoms with Crippen LogP contribution in [0.25, 0.3) is 0 Å². The number of H-pyrrole nitrogens is 1. The zero-order valence-corrected chi connectivity index (χ0v) is 13.1. The van der Waals surface area contributed by atoms with Crippen LogP contribution in [0.1, 0.15) is 57.0 Å². The zero-order chi connectivity index (χ0) is 14.9. The molecule has 0 aromatic carbocycles. The van der Waals surface area contributed by atoms with E-state index in [1.54, 1.807) is 0 Å². The molecule has 1 saturated heterocycles. The molecule has 0 spiro atoms. The number of aromatic amines is 1. The molecule has 0 atom stereocenters. The van der Waals surface area contributed by atoms with Crippen LogP contribution < -0.4 is 0 Å². The van der Waals surface area contributed by atoms with Crippen LogP contribution in [0, 0.1) is 0 Å². The molecule has 0 unspecified atom stereocenters. The first-order chi connectivity index (χ1) is 9.29.